The molecule has 0 radical (unpaired) electrons. The van der Waals surface area contributed by atoms with Gasteiger partial charge in [-0.1, -0.05) is 24.8 Å². The van der Waals surface area contributed by atoms with Crippen LogP contribution in [0.15, 0.2) is 60.3 Å². The summed E-state index contributed by atoms with van der Waals surface area (Å²) in [4.78, 5) is 13.5. The van der Waals surface area contributed by atoms with Crippen molar-refractivity contribution in [2.75, 3.05) is 18.6 Å². The maximum Gasteiger partial charge on any atom is 0.348 e. The lowest BCUT2D eigenvalue weighted by molar-refractivity contribution is -0.138. The summed E-state index contributed by atoms with van der Waals surface area (Å²) in [5.74, 6) is -0.622. The van der Waals surface area contributed by atoms with Gasteiger partial charge in [0, 0.05) is 18.4 Å². The van der Waals surface area contributed by atoms with Crippen molar-refractivity contribution in [1.29, 1.82) is 5.26 Å². The van der Waals surface area contributed by atoms with Crippen LogP contribution in [0.5, 0.6) is 0 Å². The van der Waals surface area contributed by atoms with E-state index in [2.05, 4.69) is 6.58 Å². The number of anilines is 1. The third-order valence-electron chi connectivity index (χ3n) is 3.11. The molecule has 0 amide bonds. The van der Waals surface area contributed by atoms with Gasteiger partial charge in [0.2, 0.25) is 0 Å². The van der Waals surface area contributed by atoms with E-state index in [4.69, 9.17) is 10.00 Å². The topological polar surface area (TPSA) is 53.3 Å². The molecular weight excluding hydrogens is 276 g/mol. The minimum absolute atomic E-state index is 0.0422. The first kappa shape index (κ1) is 17.3. The van der Waals surface area contributed by atoms with Gasteiger partial charge in [-0.2, -0.15) is 5.26 Å². The van der Waals surface area contributed by atoms with E-state index < -0.39 is 5.97 Å². The number of allylic oxidation sites excluding steroid dienone is 3. The van der Waals surface area contributed by atoms with Gasteiger partial charge in [-0.25, -0.2) is 4.79 Å². The number of nitrogens with zero attached hydrogens (tertiary/aromatic N) is 2. The molecule has 22 heavy (non-hydrogen) atoms. The zero-order valence-electron chi connectivity index (χ0n) is 13.2. The van der Waals surface area contributed by atoms with Crippen molar-refractivity contribution in [3.63, 3.8) is 0 Å². The van der Waals surface area contributed by atoms with Gasteiger partial charge in [-0.15, -0.1) is 0 Å². The van der Waals surface area contributed by atoms with Crippen LogP contribution < -0.4 is 4.90 Å². The van der Waals surface area contributed by atoms with Gasteiger partial charge in [-0.05, 0) is 43.7 Å². The number of benzene rings is 1. The van der Waals surface area contributed by atoms with E-state index in [1.54, 1.807) is 19.1 Å². The van der Waals surface area contributed by atoms with Crippen molar-refractivity contribution in [2.24, 2.45) is 0 Å². The number of carbonyl (C=O) groups is 1. The molecule has 0 unspecified atom stereocenters. The van der Waals surface area contributed by atoms with Gasteiger partial charge < -0.3 is 9.64 Å². The normalized spacial score (nSPS) is 11.5. The van der Waals surface area contributed by atoms with Crippen molar-refractivity contribution < 1.29 is 9.53 Å². The lowest BCUT2D eigenvalue weighted by Crippen LogP contribution is -2.16. The number of hydrogen-bond donors (Lipinski definition) is 0. The van der Waals surface area contributed by atoms with E-state index in [-0.39, 0.29) is 12.2 Å². The molecule has 4 nitrogen and oxygen atoms in total. The Labute approximate surface area is 131 Å². The number of para-hydroxylation sites is 1. The molecule has 0 aliphatic heterocycles. The third-order valence-corrected chi connectivity index (χ3v) is 3.11. The van der Waals surface area contributed by atoms with Crippen LogP contribution in [0.2, 0.25) is 0 Å². The van der Waals surface area contributed by atoms with Crippen LogP contribution in [0.25, 0.3) is 0 Å². The summed E-state index contributed by atoms with van der Waals surface area (Å²) < 4.78 is 4.83. The number of likely N-dealkylation sites (N-methyl/N-ethyl adjacent to an activating group) is 1. The van der Waals surface area contributed by atoms with Crippen LogP contribution in [-0.2, 0) is 9.53 Å². The quantitative estimate of drug-likeness (QED) is 0.349. The van der Waals surface area contributed by atoms with Crippen LogP contribution >= 0.6 is 0 Å². The summed E-state index contributed by atoms with van der Waals surface area (Å²) in [5, 5.41) is 9.02. The average Bonchev–Trinajstić information content (AvgIpc) is 2.52. The molecule has 1 aromatic rings. The monoisotopic (exact) mass is 296 g/mol. The second-order valence-electron chi connectivity index (χ2n) is 4.55. The van der Waals surface area contributed by atoms with E-state index in [0.29, 0.717) is 0 Å². The van der Waals surface area contributed by atoms with Crippen molar-refractivity contribution in [2.45, 2.75) is 13.8 Å². The second kappa shape index (κ2) is 8.48. The van der Waals surface area contributed by atoms with Crippen LogP contribution in [0.1, 0.15) is 12.5 Å². The summed E-state index contributed by atoms with van der Waals surface area (Å²) >= 11 is 0. The summed E-state index contributed by atoms with van der Waals surface area (Å²) in [6, 6.07) is 9.78. The fraction of sp³-hybridized carbons (Fsp3) is 0.222. The highest BCUT2D eigenvalue weighted by atomic mass is 16.5. The number of rotatable bonds is 6. The Morgan fingerprint density at radius 2 is 2.09 bits per heavy atom. The maximum absolute atomic E-state index is 11.6. The molecule has 0 fully saturated rings. The van der Waals surface area contributed by atoms with Crippen LogP contribution in [0.3, 0.4) is 0 Å². The SMILES string of the molecule is C=C/C(=C\C=C(\C#N)C(=O)OCC)N(C)c1ccccc1C. The van der Waals surface area contributed by atoms with E-state index in [9.17, 15) is 4.79 Å². The zero-order valence-corrected chi connectivity index (χ0v) is 13.2. The molecule has 1 rings (SSSR count). The third kappa shape index (κ3) is 4.35. The summed E-state index contributed by atoms with van der Waals surface area (Å²) in [7, 11) is 1.90. The first-order valence-corrected chi connectivity index (χ1v) is 6.96. The Hall–Kier alpha value is -2.80. The molecule has 0 N–H and O–H groups in total. The molecule has 0 atom stereocenters. The number of nitriles is 1. The van der Waals surface area contributed by atoms with Crippen LogP contribution in [0.4, 0.5) is 5.69 Å². The first-order valence-electron chi connectivity index (χ1n) is 6.96. The van der Waals surface area contributed by atoms with Crippen molar-refractivity contribution in [3.8, 4) is 6.07 Å². The molecule has 1 aromatic carbocycles. The Bertz CT molecular complexity index is 651. The smallest absolute Gasteiger partial charge is 0.348 e. The lowest BCUT2D eigenvalue weighted by atomic mass is 10.1. The van der Waals surface area contributed by atoms with Gasteiger partial charge in [0.05, 0.1) is 6.61 Å². The number of esters is 1. The Balaban J connectivity index is 3.10. The van der Waals surface area contributed by atoms with Gasteiger partial charge >= 0.3 is 5.97 Å². The average molecular weight is 296 g/mol. The van der Waals surface area contributed by atoms with Crippen molar-refractivity contribution in [1.82, 2.24) is 0 Å². The van der Waals surface area contributed by atoms with E-state index in [0.717, 1.165) is 16.9 Å². The molecule has 0 aliphatic rings. The predicted octanol–water partition coefficient (Wildman–Crippen LogP) is 3.51. The predicted molar refractivity (Wildman–Crippen MR) is 88.2 cm³/mol. The molecule has 0 spiro atoms. The number of ether oxygens (including phenoxy) is 1. The van der Waals surface area contributed by atoms with Crippen LogP contribution in [0, 0.1) is 18.3 Å². The minimum Gasteiger partial charge on any atom is -0.462 e. The molecular formula is C18H20N2O2. The van der Waals surface area contributed by atoms with Gasteiger partial charge in [0.25, 0.3) is 0 Å². The Kier molecular flexibility index (Phi) is 6.65. The molecule has 0 saturated heterocycles. The molecule has 0 heterocycles. The maximum atomic E-state index is 11.6. The molecule has 0 bridgehead atoms. The summed E-state index contributed by atoms with van der Waals surface area (Å²) in [6.07, 6.45) is 4.79. The van der Waals surface area contributed by atoms with E-state index in [1.165, 1.54) is 6.08 Å². The molecule has 0 aromatic heterocycles. The summed E-state index contributed by atoms with van der Waals surface area (Å²) in [6.45, 7) is 7.73. The Morgan fingerprint density at radius 1 is 1.41 bits per heavy atom. The minimum atomic E-state index is -0.622. The van der Waals surface area contributed by atoms with Gasteiger partial charge in [0.15, 0.2) is 0 Å². The number of carbonyl (C=O) groups excluding carboxylic acids is 1. The fourth-order valence-electron chi connectivity index (χ4n) is 1.92. The molecule has 0 saturated carbocycles. The molecule has 114 valence electrons. The van der Waals surface area contributed by atoms with Crippen molar-refractivity contribution in [3.05, 3.63) is 65.9 Å². The zero-order chi connectivity index (χ0) is 16.5. The van der Waals surface area contributed by atoms with E-state index >= 15 is 0 Å². The highest BCUT2D eigenvalue weighted by Gasteiger charge is 2.10. The van der Waals surface area contributed by atoms with Gasteiger partial charge in [-0.3, -0.25) is 0 Å². The number of hydrogen-bond acceptors (Lipinski definition) is 4. The highest BCUT2D eigenvalue weighted by molar-refractivity contribution is 5.93. The van der Waals surface area contributed by atoms with E-state index in [1.807, 2.05) is 49.2 Å². The molecule has 0 aliphatic carbocycles. The number of aryl methyl sites for hydroxylation is 1. The lowest BCUT2D eigenvalue weighted by Gasteiger charge is -2.22. The first-order chi connectivity index (χ1) is 10.5. The Morgan fingerprint density at radius 3 is 2.64 bits per heavy atom. The fourth-order valence-corrected chi connectivity index (χ4v) is 1.92. The van der Waals surface area contributed by atoms with Gasteiger partial charge in [0.1, 0.15) is 11.6 Å². The standard InChI is InChI=1S/C18H20N2O2/c1-5-16(12-11-15(13-19)18(21)22-6-2)20(4)17-10-8-7-9-14(17)3/h5,7-12H,1,6H2,2-4H3/b15-11-,16-12+. The summed E-state index contributed by atoms with van der Waals surface area (Å²) in [5.41, 5.74) is 2.87. The second-order valence-corrected chi connectivity index (χ2v) is 4.55. The largest absolute Gasteiger partial charge is 0.462 e. The van der Waals surface area contributed by atoms with Crippen molar-refractivity contribution >= 4 is 11.7 Å². The highest BCUT2D eigenvalue weighted by Crippen LogP contribution is 2.22. The van der Waals surface area contributed by atoms with Crippen LogP contribution in [-0.4, -0.2) is 19.6 Å². The molecule has 4 heteroatoms.